The van der Waals surface area contributed by atoms with Gasteiger partial charge in [-0.25, -0.2) is 0 Å². The molecule has 0 atom stereocenters. The van der Waals surface area contributed by atoms with Crippen molar-refractivity contribution in [1.82, 2.24) is 4.90 Å². The lowest BCUT2D eigenvalue weighted by Gasteiger charge is -2.49. The van der Waals surface area contributed by atoms with E-state index in [1.54, 1.807) is 6.07 Å². The van der Waals surface area contributed by atoms with Gasteiger partial charge in [-0.05, 0) is 58.2 Å². The average molecular weight is 565 g/mol. The van der Waals surface area contributed by atoms with Gasteiger partial charge in [0.1, 0.15) is 5.75 Å². The van der Waals surface area contributed by atoms with E-state index in [4.69, 9.17) is 0 Å². The maximum atomic E-state index is 13.6. The number of hydrogen-bond donors (Lipinski definition) is 1. The zero-order valence-electron chi connectivity index (χ0n) is 19.4. The number of phenols is 1. The summed E-state index contributed by atoms with van der Waals surface area (Å²) in [6, 6.07) is 3.64. The molecule has 0 radical (unpaired) electrons. The third-order valence-corrected chi connectivity index (χ3v) is 7.90. The number of ketones is 2. The number of carbonyl (C=O) groups excluding carboxylic acids is 2. The molecule has 0 fully saturated rings. The molecule has 1 aliphatic heterocycles. The van der Waals surface area contributed by atoms with Gasteiger partial charge in [0.2, 0.25) is 0 Å². The van der Waals surface area contributed by atoms with Gasteiger partial charge in [0, 0.05) is 57.9 Å². The summed E-state index contributed by atoms with van der Waals surface area (Å²) in [4.78, 5) is 29.6. The second-order valence-electron chi connectivity index (χ2n) is 11.0. The van der Waals surface area contributed by atoms with Crippen molar-refractivity contribution < 1.29 is 14.7 Å². The van der Waals surface area contributed by atoms with Gasteiger partial charge >= 0.3 is 0 Å². The minimum absolute atomic E-state index is 0.0852. The Hall–Kier alpha value is -1.40. The molecule has 1 heterocycles. The van der Waals surface area contributed by atoms with E-state index in [0.29, 0.717) is 34.0 Å². The van der Waals surface area contributed by atoms with E-state index >= 15 is 0 Å². The summed E-state index contributed by atoms with van der Waals surface area (Å²) in [5, 5.41) is 11.1. The van der Waals surface area contributed by atoms with E-state index in [1.807, 2.05) is 6.07 Å². The Morgan fingerprint density at radius 1 is 0.938 bits per heavy atom. The van der Waals surface area contributed by atoms with Gasteiger partial charge in [0.25, 0.3) is 0 Å². The Kier molecular flexibility index (Phi) is 6.03. The highest BCUT2D eigenvalue weighted by Crippen LogP contribution is 2.56. The average Bonchev–Trinajstić information content (AvgIpc) is 2.64. The molecule has 172 valence electrons. The van der Waals surface area contributed by atoms with Crippen molar-refractivity contribution in [2.75, 3.05) is 6.54 Å². The van der Waals surface area contributed by atoms with Crippen molar-refractivity contribution in [3.05, 3.63) is 49.2 Å². The van der Waals surface area contributed by atoms with Gasteiger partial charge in [-0.15, -0.1) is 0 Å². The number of carbonyl (C=O) groups is 2. The van der Waals surface area contributed by atoms with Gasteiger partial charge in [0.15, 0.2) is 11.6 Å². The van der Waals surface area contributed by atoms with Crippen LogP contribution in [0.25, 0.3) is 0 Å². The lowest BCUT2D eigenvalue weighted by molar-refractivity contribution is -0.119. The highest BCUT2D eigenvalue weighted by molar-refractivity contribution is 9.11. The van der Waals surface area contributed by atoms with Crippen LogP contribution in [0.2, 0.25) is 0 Å². The zero-order valence-corrected chi connectivity index (χ0v) is 22.6. The summed E-state index contributed by atoms with van der Waals surface area (Å²) in [6.07, 6.45) is 3.38. The number of aromatic hydroxyl groups is 1. The van der Waals surface area contributed by atoms with Crippen LogP contribution < -0.4 is 0 Å². The highest BCUT2D eigenvalue weighted by Gasteiger charge is 2.49. The minimum atomic E-state index is -0.533. The largest absolute Gasteiger partial charge is 0.506 e. The first-order valence-corrected chi connectivity index (χ1v) is 12.9. The van der Waals surface area contributed by atoms with E-state index in [-0.39, 0.29) is 28.1 Å². The fourth-order valence-electron chi connectivity index (χ4n) is 5.66. The molecule has 0 aromatic heterocycles. The molecular formula is C26H31Br2NO3. The van der Waals surface area contributed by atoms with Crippen LogP contribution in [0, 0.1) is 10.8 Å². The molecule has 0 unspecified atom stereocenters. The molecule has 0 saturated heterocycles. The van der Waals surface area contributed by atoms with Crippen molar-refractivity contribution in [3.63, 3.8) is 0 Å². The molecule has 2 aliphatic carbocycles. The Bertz CT molecular complexity index is 1030. The molecule has 1 N–H and O–H groups in total. The summed E-state index contributed by atoms with van der Waals surface area (Å²) in [6.45, 7) is 11.5. The smallest absolute Gasteiger partial charge is 0.162 e. The molecule has 1 aromatic rings. The Balaban J connectivity index is 2.05. The fourth-order valence-corrected chi connectivity index (χ4v) is 6.92. The molecule has 1 aromatic carbocycles. The number of phenolic OH excluding ortho intramolecular Hbond substituents is 1. The van der Waals surface area contributed by atoms with E-state index in [2.05, 4.69) is 71.4 Å². The van der Waals surface area contributed by atoms with E-state index in [0.717, 1.165) is 41.7 Å². The quantitative estimate of drug-likeness (QED) is 0.429. The van der Waals surface area contributed by atoms with E-state index in [9.17, 15) is 14.7 Å². The third-order valence-electron chi connectivity index (χ3n) is 6.84. The summed E-state index contributed by atoms with van der Waals surface area (Å²) in [5.41, 5.74) is 3.81. The second-order valence-corrected chi connectivity index (χ2v) is 12.8. The van der Waals surface area contributed by atoms with Crippen LogP contribution in [0.1, 0.15) is 78.2 Å². The topological polar surface area (TPSA) is 57.6 Å². The Morgan fingerprint density at radius 3 is 1.91 bits per heavy atom. The number of rotatable bonds is 3. The van der Waals surface area contributed by atoms with Crippen molar-refractivity contribution >= 4 is 43.4 Å². The van der Waals surface area contributed by atoms with Crippen molar-refractivity contribution in [3.8, 4) is 5.75 Å². The molecule has 0 amide bonds. The van der Waals surface area contributed by atoms with Crippen LogP contribution in [0.5, 0.6) is 5.75 Å². The van der Waals surface area contributed by atoms with Gasteiger partial charge in [-0.3, -0.25) is 9.59 Å². The van der Waals surface area contributed by atoms with Gasteiger partial charge in [-0.1, -0.05) is 50.5 Å². The van der Waals surface area contributed by atoms with Crippen LogP contribution in [-0.2, 0) is 9.59 Å². The Labute approximate surface area is 207 Å². The summed E-state index contributed by atoms with van der Waals surface area (Å²) in [5.74, 6) is -0.269. The van der Waals surface area contributed by atoms with Gasteiger partial charge < -0.3 is 10.0 Å². The second kappa shape index (κ2) is 8.12. The van der Waals surface area contributed by atoms with Crippen LogP contribution in [-0.4, -0.2) is 28.1 Å². The number of halogens is 2. The molecule has 6 heteroatoms. The van der Waals surface area contributed by atoms with Crippen LogP contribution >= 0.6 is 31.9 Å². The Morgan fingerprint density at radius 2 is 1.44 bits per heavy atom. The predicted molar refractivity (Wildman–Crippen MR) is 133 cm³/mol. The number of hydrogen-bond acceptors (Lipinski definition) is 4. The number of allylic oxidation sites excluding steroid dienone is 4. The van der Waals surface area contributed by atoms with Crippen LogP contribution in [0.4, 0.5) is 0 Å². The summed E-state index contributed by atoms with van der Waals surface area (Å²) in [7, 11) is 0. The predicted octanol–water partition coefficient (Wildman–Crippen LogP) is 7.01. The number of nitrogens with zero attached hydrogens (tertiary/aromatic N) is 1. The molecule has 0 bridgehead atoms. The molecule has 0 spiro atoms. The maximum absolute atomic E-state index is 13.6. The van der Waals surface area contributed by atoms with Crippen LogP contribution in [0.15, 0.2) is 43.6 Å². The molecule has 0 saturated carbocycles. The SMILES string of the molecule is CCCN1C2=C(C(=O)CC(C)(C)C2)C(c2cc(Br)cc(Br)c2O)C2=C1CC(C)(C)CC2=O. The monoisotopic (exact) mass is 563 g/mol. The van der Waals surface area contributed by atoms with E-state index < -0.39 is 5.92 Å². The van der Waals surface area contributed by atoms with Crippen molar-refractivity contribution in [1.29, 1.82) is 0 Å². The standard InChI is InChI=1S/C26H31Br2NO3/c1-6-7-29-17-10-25(2,3)12-19(30)22(17)21(15-8-14(27)9-16(28)24(15)32)23-18(29)11-26(4,5)13-20(23)31/h8-9,21,32H,6-7,10-13H2,1-5H3. The first-order chi connectivity index (χ1) is 14.8. The molecular weight excluding hydrogens is 534 g/mol. The first-order valence-electron chi connectivity index (χ1n) is 11.3. The lowest BCUT2D eigenvalue weighted by Crippen LogP contribution is -2.44. The van der Waals surface area contributed by atoms with E-state index in [1.165, 1.54) is 0 Å². The van der Waals surface area contributed by atoms with Gasteiger partial charge in [0.05, 0.1) is 4.47 Å². The first kappa shape index (κ1) is 23.7. The molecule has 4 rings (SSSR count). The van der Waals surface area contributed by atoms with Gasteiger partial charge in [-0.2, -0.15) is 0 Å². The number of benzene rings is 1. The summed E-state index contributed by atoms with van der Waals surface area (Å²) < 4.78 is 1.35. The minimum Gasteiger partial charge on any atom is -0.506 e. The van der Waals surface area contributed by atoms with Crippen molar-refractivity contribution in [2.45, 2.75) is 72.6 Å². The molecule has 32 heavy (non-hydrogen) atoms. The highest BCUT2D eigenvalue weighted by atomic mass is 79.9. The lowest BCUT2D eigenvalue weighted by atomic mass is 9.63. The third kappa shape index (κ3) is 4.02. The normalized spacial score (nSPS) is 22.9. The maximum Gasteiger partial charge on any atom is 0.162 e. The number of Topliss-reactive ketones (excluding diaryl/α,β-unsaturated/α-hetero) is 2. The van der Waals surface area contributed by atoms with Crippen LogP contribution in [0.3, 0.4) is 0 Å². The summed E-state index contributed by atoms with van der Waals surface area (Å²) >= 11 is 6.99. The fraction of sp³-hybridized carbons (Fsp3) is 0.538. The zero-order chi connectivity index (χ0) is 23.6. The molecule has 4 nitrogen and oxygen atoms in total. The molecule has 3 aliphatic rings. The van der Waals surface area contributed by atoms with Crippen molar-refractivity contribution in [2.24, 2.45) is 10.8 Å².